The first-order chi connectivity index (χ1) is 10.3. The van der Waals surface area contributed by atoms with E-state index in [9.17, 15) is 18.3 Å². The molecule has 0 aliphatic carbocycles. The number of hydrogen-bond acceptors (Lipinski definition) is 7. The van der Waals surface area contributed by atoms with E-state index in [1.54, 1.807) is 0 Å². The van der Waals surface area contributed by atoms with Gasteiger partial charge in [-0.05, 0) is 6.42 Å². The van der Waals surface area contributed by atoms with Gasteiger partial charge in [0.1, 0.15) is 0 Å². The molecule has 0 spiro atoms. The zero-order valence-corrected chi connectivity index (χ0v) is 13.0. The smallest absolute Gasteiger partial charge is 0.264 e. The average Bonchev–Trinajstić information content (AvgIpc) is 2.42. The van der Waals surface area contributed by atoms with Crippen LogP contribution in [0.4, 0.5) is 0 Å². The van der Waals surface area contributed by atoms with E-state index in [4.69, 9.17) is 19.1 Å². The summed E-state index contributed by atoms with van der Waals surface area (Å²) in [5.74, 6) is -0.717. The summed E-state index contributed by atoms with van der Waals surface area (Å²) in [5, 5.41) is 21.1. The summed E-state index contributed by atoms with van der Waals surface area (Å²) >= 11 is 0. The van der Waals surface area contributed by atoms with Gasteiger partial charge >= 0.3 is 0 Å². The first-order valence-corrected chi connectivity index (χ1v) is 8.69. The number of carbonyl (C=O) groups is 1. The van der Waals surface area contributed by atoms with Crippen LogP contribution in [0.2, 0.25) is 0 Å². The van der Waals surface area contributed by atoms with Gasteiger partial charge in [0.05, 0.1) is 37.6 Å². The molecular formula is C12H23NO8S. The monoisotopic (exact) mass is 341 g/mol. The molecular weight excluding hydrogens is 318 g/mol. The minimum absolute atomic E-state index is 0.0611. The Kier molecular flexibility index (Phi) is 8.21. The Balaban J connectivity index is 2.11. The van der Waals surface area contributed by atoms with Crippen LogP contribution in [-0.4, -0.2) is 73.1 Å². The fourth-order valence-electron chi connectivity index (χ4n) is 2.03. The summed E-state index contributed by atoms with van der Waals surface area (Å²) in [6.45, 7) is 0.0225. The normalized spacial score (nSPS) is 25.9. The van der Waals surface area contributed by atoms with Gasteiger partial charge in [-0.2, -0.15) is 8.42 Å². The third-order valence-corrected chi connectivity index (χ3v) is 3.89. The minimum Gasteiger partial charge on any atom is -0.394 e. The molecule has 4 N–H and O–H groups in total. The second kappa shape index (κ2) is 9.38. The van der Waals surface area contributed by atoms with Crippen LogP contribution < -0.4 is 5.32 Å². The van der Waals surface area contributed by atoms with Crippen LogP contribution in [0.1, 0.15) is 25.7 Å². The molecule has 1 saturated heterocycles. The molecule has 1 heterocycles. The van der Waals surface area contributed by atoms with Gasteiger partial charge in [0.2, 0.25) is 5.91 Å². The number of rotatable bonds is 9. The van der Waals surface area contributed by atoms with Crippen LogP contribution in [0.15, 0.2) is 0 Å². The number of carbonyl (C=O) groups excluding carboxylic acids is 1. The Labute approximate surface area is 129 Å². The van der Waals surface area contributed by atoms with Gasteiger partial charge in [-0.25, -0.2) is 0 Å². The minimum atomic E-state index is -4.00. The molecule has 130 valence electrons. The first-order valence-electron chi connectivity index (χ1n) is 7.08. The lowest BCUT2D eigenvalue weighted by molar-refractivity contribution is -0.221. The Morgan fingerprint density at radius 2 is 2.09 bits per heavy atom. The van der Waals surface area contributed by atoms with Gasteiger partial charge in [0.15, 0.2) is 6.29 Å². The largest absolute Gasteiger partial charge is 0.394 e. The topological polar surface area (TPSA) is 142 Å². The summed E-state index contributed by atoms with van der Waals surface area (Å²) in [6, 6.07) is 0. The van der Waals surface area contributed by atoms with Crippen molar-refractivity contribution in [3.63, 3.8) is 0 Å². The highest BCUT2D eigenvalue weighted by Gasteiger charge is 2.28. The zero-order valence-electron chi connectivity index (χ0n) is 12.2. The van der Waals surface area contributed by atoms with Crippen molar-refractivity contribution >= 4 is 16.0 Å². The highest BCUT2D eigenvalue weighted by Crippen LogP contribution is 2.20. The van der Waals surface area contributed by atoms with Crippen molar-refractivity contribution in [1.29, 1.82) is 0 Å². The van der Waals surface area contributed by atoms with Gasteiger partial charge in [-0.3, -0.25) is 9.35 Å². The second-order valence-corrected chi connectivity index (χ2v) is 6.68. The van der Waals surface area contributed by atoms with Crippen molar-refractivity contribution < 1.29 is 37.5 Å². The van der Waals surface area contributed by atoms with E-state index < -0.39 is 34.4 Å². The van der Waals surface area contributed by atoms with Crippen molar-refractivity contribution in [1.82, 2.24) is 5.32 Å². The number of aliphatic hydroxyl groups is 2. The van der Waals surface area contributed by atoms with Crippen molar-refractivity contribution in [3.8, 4) is 0 Å². The molecule has 1 aliphatic heterocycles. The highest BCUT2D eigenvalue weighted by atomic mass is 32.2. The Morgan fingerprint density at radius 3 is 2.73 bits per heavy atom. The van der Waals surface area contributed by atoms with E-state index >= 15 is 0 Å². The zero-order chi connectivity index (χ0) is 16.6. The summed E-state index contributed by atoms with van der Waals surface area (Å²) < 4.78 is 40.2. The van der Waals surface area contributed by atoms with Crippen LogP contribution in [0.3, 0.4) is 0 Å². The number of nitrogens with one attached hydrogen (secondary N) is 1. The molecule has 0 aromatic rings. The number of aliphatic hydroxyl groups excluding tert-OH is 2. The van der Waals surface area contributed by atoms with Gasteiger partial charge in [0.25, 0.3) is 10.1 Å². The number of ether oxygens (including phenoxy) is 2. The van der Waals surface area contributed by atoms with Crippen LogP contribution in [0.5, 0.6) is 0 Å². The van der Waals surface area contributed by atoms with Crippen molar-refractivity contribution in [3.05, 3.63) is 0 Å². The molecule has 1 amide bonds. The van der Waals surface area contributed by atoms with Crippen LogP contribution >= 0.6 is 0 Å². The summed E-state index contributed by atoms with van der Waals surface area (Å²) in [7, 11) is -4.00. The van der Waals surface area contributed by atoms with Crippen molar-refractivity contribution in [2.45, 2.75) is 44.2 Å². The maximum atomic E-state index is 11.5. The molecule has 0 saturated carbocycles. The number of hydrogen-bond donors (Lipinski definition) is 4. The maximum absolute atomic E-state index is 11.5. The Bertz CT molecular complexity index is 440. The van der Waals surface area contributed by atoms with Gasteiger partial charge in [0, 0.05) is 19.4 Å². The van der Waals surface area contributed by atoms with E-state index in [0.29, 0.717) is 6.42 Å². The SMILES string of the molecule is O=C(CCOC1CC(O)C[C@@H](CO)O1)NCCCS(=O)(=O)O. The van der Waals surface area contributed by atoms with E-state index in [-0.39, 0.29) is 44.9 Å². The summed E-state index contributed by atoms with van der Waals surface area (Å²) in [5.41, 5.74) is 0. The lowest BCUT2D eigenvalue weighted by Crippen LogP contribution is -2.39. The standard InChI is InChI=1S/C12H23NO8S/c14-8-10-6-9(15)7-12(21-10)20-4-2-11(16)13-3-1-5-22(17,18)19/h9-10,12,14-15H,1-8H2,(H,13,16)(H,17,18,19)/t9?,10-,12?/m0/s1. The molecule has 0 bridgehead atoms. The fraction of sp³-hybridized carbons (Fsp3) is 0.917. The molecule has 10 heteroatoms. The lowest BCUT2D eigenvalue weighted by Gasteiger charge is -2.31. The van der Waals surface area contributed by atoms with Crippen molar-refractivity contribution in [2.75, 3.05) is 25.5 Å². The quantitative estimate of drug-likeness (QED) is 0.298. The molecule has 0 radical (unpaired) electrons. The Hall–Kier alpha value is -0.780. The molecule has 1 aliphatic rings. The van der Waals surface area contributed by atoms with Crippen LogP contribution in [0, 0.1) is 0 Å². The highest BCUT2D eigenvalue weighted by molar-refractivity contribution is 7.85. The predicted octanol–water partition coefficient (Wildman–Crippen LogP) is -1.35. The van der Waals surface area contributed by atoms with E-state index in [0.717, 1.165) is 0 Å². The molecule has 1 rings (SSSR count). The van der Waals surface area contributed by atoms with E-state index in [1.165, 1.54) is 0 Å². The van der Waals surface area contributed by atoms with E-state index in [2.05, 4.69) is 5.32 Å². The fourth-order valence-corrected chi connectivity index (χ4v) is 2.54. The molecule has 22 heavy (non-hydrogen) atoms. The van der Waals surface area contributed by atoms with Crippen molar-refractivity contribution in [2.24, 2.45) is 0 Å². The maximum Gasteiger partial charge on any atom is 0.264 e. The lowest BCUT2D eigenvalue weighted by atomic mass is 10.1. The summed E-state index contributed by atoms with van der Waals surface area (Å²) in [6.07, 6.45) is -0.911. The first kappa shape index (κ1) is 19.3. The third-order valence-electron chi connectivity index (χ3n) is 3.08. The van der Waals surface area contributed by atoms with Crippen LogP contribution in [0.25, 0.3) is 0 Å². The molecule has 0 aromatic carbocycles. The van der Waals surface area contributed by atoms with Gasteiger partial charge in [-0.15, -0.1) is 0 Å². The van der Waals surface area contributed by atoms with E-state index in [1.807, 2.05) is 0 Å². The van der Waals surface area contributed by atoms with Crippen LogP contribution in [-0.2, 0) is 24.4 Å². The molecule has 2 unspecified atom stereocenters. The molecule has 0 aromatic heterocycles. The molecule has 3 atom stereocenters. The Morgan fingerprint density at radius 1 is 1.36 bits per heavy atom. The van der Waals surface area contributed by atoms with Gasteiger partial charge in [-0.1, -0.05) is 0 Å². The molecule has 9 nitrogen and oxygen atoms in total. The molecule has 1 fully saturated rings. The summed E-state index contributed by atoms with van der Waals surface area (Å²) in [4.78, 5) is 11.5. The third kappa shape index (κ3) is 8.61. The average molecular weight is 341 g/mol. The second-order valence-electron chi connectivity index (χ2n) is 5.11. The predicted molar refractivity (Wildman–Crippen MR) is 75.6 cm³/mol. The van der Waals surface area contributed by atoms with Gasteiger partial charge < -0.3 is 25.0 Å². The number of amides is 1.